The molecule has 7 rings (SSSR count). The van der Waals surface area contributed by atoms with E-state index in [1.54, 1.807) is 0 Å². The maximum Gasteiger partial charge on any atom is 2.00 e. The Kier molecular flexibility index (Phi) is 14.9. The number of aromatic nitrogens is 7. The van der Waals surface area contributed by atoms with Gasteiger partial charge >= 0.3 is 34.1 Å². The second kappa shape index (κ2) is 18.1. The van der Waals surface area contributed by atoms with E-state index in [0.717, 1.165) is 22.8 Å². The summed E-state index contributed by atoms with van der Waals surface area (Å²) in [7, 11) is 0. The van der Waals surface area contributed by atoms with Gasteiger partial charge in [0.05, 0.1) is 23.8 Å². The molecular weight excluding hydrogens is 582 g/mol. The zero-order valence-electron chi connectivity index (χ0n) is 21.5. The van der Waals surface area contributed by atoms with Crippen LogP contribution in [0.1, 0.15) is 0 Å². The molecule has 0 aromatic carbocycles. The van der Waals surface area contributed by atoms with Crippen molar-refractivity contribution >= 4 is 0 Å². The molecule has 198 valence electrons. The Hall–Kier alpha value is -1.53. The molecule has 3 heterocycles. The third kappa shape index (κ3) is 10.4. The summed E-state index contributed by atoms with van der Waals surface area (Å²) in [6.07, 6.45) is 40.2. The van der Waals surface area contributed by atoms with Crippen molar-refractivity contribution in [3.8, 4) is 22.8 Å². The van der Waals surface area contributed by atoms with Crippen LogP contribution in [0.2, 0.25) is 0 Å². The molecule has 0 spiro atoms. The van der Waals surface area contributed by atoms with E-state index in [0.29, 0.717) is 13.1 Å². The van der Waals surface area contributed by atoms with Crippen molar-refractivity contribution in [3.05, 3.63) is 158 Å². The second-order valence-electron chi connectivity index (χ2n) is 8.52. The molecule has 4 fully saturated rings. The summed E-state index contributed by atoms with van der Waals surface area (Å²) in [6, 6.07) is 5.80. The summed E-state index contributed by atoms with van der Waals surface area (Å²) < 4.78 is 3.63. The molecule has 40 heavy (non-hydrogen) atoms. The Bertz CT molecular complexity index is 982. The Morgan fingerprint density at radius 2 is 0.800 bits per heavy atom. The molecule has 0 bridgehead atoms. The van der Waals surface area contributed by atoms with Gasteiger partial charge in [-0.05, 0) is 128 Å². The molecule has 9 heteroatoms. The summed E-state index contributed by atoms with van der Waals surface area (Å²) >= 11 is 0. The Morgan fingerprint density at radius 1 is 0.450 bits per heavy atom. The first-order valence-corrected chi connectivity index (χ1v) is 12.4. The number of pyridine rings is 1. The largest absolute Gasteiger partial charge is 2.00 e. The van der Waals surface area contributed by atoms with Gasteiger partial charge in [-0.1, -0.05) is 16.5 Å². The average Bonchev–Trinajstić information content (AvgIpc) is 3.80. The van der Waals surface area contributed by atoms with Gasteiger partial charge in [0.2, 0.25) is 0 Å². The minimum atomic E-state index is 0. The van der Waals surface area contributed by atoms with Crippen LogP contribution in [0.3, 0.4) is 0 Å². The number of hydrogen-bond acceptors (Lipinski definition) is 5. The molecule has 0 N–H and O–H groups in total. The van der Waals surface area contributed by atoms with E-state index in [1.165, 1.54) is 11.8 Å². The molecule has 0 atom stereocenters. The van der Waals surface area contributed by atoms with Crippen molar-refractivity contribution in [2.45, 2.75) is 13.1 Å². The zero-order chi connectivity index (χ0) is 25.8. The van der Waals surface area contributed by atoms with Crippen molar-refractivity contribution < 1.29 is 34.1 Å². The third-order valence-electron chi connectivity index (χ3n) is 5.61. The molecule has 7 nitrogen and oxygen atoms in total. The SMILES string of the molecule is [CH]1[CH][CH][CH][CH]1.[CH]1[CH][CH][CH][CH]1.[CH]1[CH][CH][C](Cn2cc(-c3cccc(-c4cn(C[C]5[CH][CH][CH][CH]5)nn4)n3)nn2)[CH]1.[Fe+2].[Fe+2]. The summed E-state index contributed by atoms with van der Waals surface area (Å²) in [6.45, 7) is 1.38. The monoisotopic (exact) mass is 609 g/mol. The predicted octanol–water partition coefficient (Wildman–Crippen LogP) is 4.45. The molecule has 0 amide bonds. The van der Waals surface area contributed by atoms with Crippen molar-refractivity contribution in [2.75, 3.05) is 0 Å². The normalized spacial score (nSPS) is 18.8. The molecule has 0 unspecified atom stereocenters. The fourth-order valence-electron chi connectivity index (χ4n) is 3.76. The van der Waals surface area contributed by atoms with E-state index in [-0.39, 0.29) is 34.1 Å². The quantitative estimate of drug-likeness (QED) is 0.387. The van der Waals surface area contributed by atoms with Crippen LogP contribution in [0.25, 0.3) is 22.8 Å². The van der Waals surface area contributed by atoms with Crippen molar-refractivity contribution in [3.63, 3.8) is 0 Å². The van der Waals surface area contributed by atoms with Crippen molar-refractivity contribution in [1.29, 1.82) is 0 Å². The van der Waals surface area contributed by atoms with Crippen molar-refractivity contribution in [1.82, 2.24) is 35.0 Å². The zero-order valence-corrected chi connectivity index (χ0v) is 23.7. The van der Waals surface area contributed by atoms with Crippen LogP contribution in [-0.4, -0.2) is 35.0 Å². The molecule has 3 aromatic rings. The topological polar surface area (TPSA) is 74.3 Å². The van der Waals surface area contributed by atoms with Crippen LogP contribution in [0.4, 0.5) is 0 Å². The van der Waals surface area contributed by atoms with E-state index < -0.39 is 0 Å². The minimum Gasteiger partial charge on any atom is -0.251 e. The van der Waals surface area contributed by atoms with Crippen LogP contribution in [0, 0.1) is 127 Å². The van der Waals surface area contributed by atoms with Gasteiger partial charge in [0, 0.05) is 24.9 Å². The maximum atomic E-state index is 4.70. The summed E-state index contributed by atoms with van der Waals surface area (Å²) in [4.78, 5) is 4.70. The van der Waals surface area contributed by atoms with Crippen LogP contribution in [0.5, 0.6) is 0 Å². The van der Waals surface area contributed by atoms with Crippen molar-refractivity contribution in [2.24, 2.45) is 0 Å². The summed E-state index contributed by atoms with van der Waals surface area (Å²) in [5, 5.41) is 17.0. The molecule has 3 aromatic heterocycles. The van der Waals surface area contributed by atoms with Gasteiger partial charge in [0.25, 0.3) is 0 Å². The Balaban J connectivity index is 0.000000310. The first kappa shape index (κ1) is 33.0. The molecule has 0 saturated heterocycles. The summed E-state index contributed by atoms with van der Waals surface area (Å²) in [5.41, 5.74) is 2.99. The Labute approximate surface area is 262 Å². The average molecular weight is 609 g/mol. The molecular formula is C31H27Fe2N7+4. The molecule has 0 aliphatic heterocycles. The standard InChI is InChI=1S/C21H17N7.2C5H5.2Fe/c1-2-7-16(6-1)12-27-14-20(23-25-27)18-10-5-11-19(22-18)21-15-28(26-24-21)13-17-8-3-4-9-17;2*1-2-4-5-3-1;;/h1-11,14-15H,12-13H2;2*1-5H;;/q;;;2*+2. The van der Waals surface area contributed by atoms with E-state index in [2.05, 4.69) is 46.3 Å². The number of nitrogens with zero attached hydrogens (tertiary/aromatic N) is 7. The fraction of sp³-hybridized carbons (Fsp3) is 0.0645. The summed E-state index contributed by atoms with van der Waals surface area (Å²) in [5.74, 6) is 2.39. The van der Waals surface area contributed by atoms with E-state index >= 15 is 0 Å². The van der Waals surface area contributed by atoms with Gasteiger partial charge in [-0.25, -0.2) is 4.98 Å². The molecule has 20 radical (unpaired) electrons. The first-order chi connectivity index (χ1) is 18.8. The number of hydrogen-bond donors (Lipinski definition) is 0. The fourth-order valence-corrected chi connectivity index (χ4v) is 3.76. The van der Waals surface area contributed by atoms with Crippen LogP contribution >= 0.6 is 0 Å². The van der Waals surface area contributed by atoms with Gasteiger partial charge in [-0.15, -0.1) is 10.2 Å². The van der Waals surface area contributed by atoms with Gasteiger partial charge in [-0.2, -0.15) is 0 Å². The molecule has 4 saturated carbocycles. The smallest absolute Gasteiger partial charge is 0.251 e. The van der Waals surface area contributed by atoms with Crippen LogP contribution in [0.15, 0.2) is 30.6 Å². The van der Waals surface area contributed by atoms with E-state index in [9.17, 15) is 0 Å². The third-order valence-corrected chi connectivity index (χ3v) is 5.61. The van der Waals surface area contributed by atoms with Gasteiger partial charge in [0.15, 0.2) is 0 Å². The maximum absolute atomic E-state index is 4.70. The first-order valence-electron chi connectivity index (χ1n) is 12.4. The molecule has 4 aliphatic carbocycles. The minimum absolute atomic E-state index is 0. The predicted molar refractivity (Wildman–Crippen MR) is 146 cm³/mol. The van der Waals surface area contributed by atoms with E-state index in [4.69, 9.17) is 4.98 Å². The van der Waals surface area contributed by atoms with E-state index in [1.807, 2.05) is 130 Å². The van der Waals surface area contributed by atoms with Crippen LogP contribution < -0.4 is 0 Å². The van der Waals surface area contributed by atoms with Gasteiger partial charge < -0.3 is 0 Å². The van der Waals surface area contributed by atoms with Gasteiger partial charge in [-0.3, -0.25) is 9.36 Å². The molecule has 4 aliphatic rings. The van der Waals surface area contributed by atoms with Crippen LogP contribution in [-0.2, 0) is 47.2 Å². The number of rotatable bonds is 6. The Morgan fingerprint density at radius 3 is 1.15 bits per heavy atom. The van der Waals surface area contributed by atoms with Gasteiger partial charge in [0.1, 0.15) is 11.4 Å². The second-order valence-corrected chi connectivity index (χ2v) is 8.52.